The summed E-state index contributed by atoms with van der Waals surface area (Å²) in [7, 11) is 0. The molecule has 2 aliphatic rings. The zero-order chi connectivity index (χ0) is 19.5. The second-order valence-corrected chi connectivity index (χ2v) is 5.90. The highest BCUT2D eigenvalue weighted by atomic mass is 16.6. The van der Waals surface area contributed by atoms with Crippen LogP contribution in [0.5, 0.6) is 11.5 Å². The number of carbonyl (C=O) groups excluding carboxylic acids is 1. The molecule has 0 amide bonds. The van der Waals surface area contributed by atoms with E-state index in [-0.39, 0.29) is 11.7 Å². The molecule has 0 fully saturated rings. The van der Waals surface area contributed by atoms with Gasteiger partial charge < -0.3 is 14.6 Å². The molecule has 4 heteroatoms. The third-order valence-electron chi connectivity index (χ3n) is 4.66. The Labute approximate surface area is 155 Å². The van der Waals surface area contributed by atoms with E-state index in [0.29, 0.717) is 29.9 Å². The Kier molecular flexibility index (Phi) is 5.96. The summed E-state index contributed by atoms with van der Waals surface area (Å²) in [5.41, 5.74) is 2.96. The first-order chi connectivity index (χ1) is 12.5. The first-order valence-corrected chi connectivity index (χ1v) is 9.34. The summed E-state index contributed by atoms with van der Waals surface area (Å²) < 4.78 is 11.6. The van der Waals surface area contributed by atoms with Crippen LogP contribution in [0.3, 0.4) is 0 Å². The quantitative estimate of drug-likeness (QED) is 0.654. The van der Waals surface area contributed by atoms with Gasteiger partial charge in [0.1, 0.15) is 11.5 Å². The highest BCUT2D eigenvalue weighted by Crippen LogP contribution is 2.52. The predicted molar refractivity (Wildman–Crippen MR) is 103 cm³/mol. The van der Waals surface area contributed by atoms with Crippen LogP contribution < -0.4 is 4.74 Å². The lowest BCUT2D eigenvalue weighted by molar-refractivity contribution is -0.00634. The monoisotopic (exact) mass is 356 g/mol. The molecule has 0 saturated carbocycles. The molecule has 2 aliphatic heterocycles. The van der Waals surface area contributed by atoms with Crippen molar-refractivity contribution in [1.29, 1.82) is 0 Å². The molecule has 0 saturated heterocycles. The molecular formula is C22H28O4. The number of hydrogen-bond donors (Lipinski definition) is 1. The highest BCUT2D eigenvalue weighted by molar-refractivity contribution is 5.95. The van der Waals surface area contributed by atoms with Crippen molar-refractivity contribution in [2.24, 2.45) is 0 Å². The second kappa shape index (κ2) is 7.81. The first-order valence-electron chi connectivity index (χ1n) is 9.34. The van der Waals surface area contributed by atoms with Gasteiger partial charge in [-0.25, -0.2) is 4.79 Å². The number of aryl methyl sites for hydroxylation is 1. The van der Waals surface area contributed by atoms with Crippen LogP contribution in [0.2, 0.25) is 0 Å². The van der Waals surface area contributed by atoms with E-state index < -0.39 is 5.60 Å². The van der Waals surface area contributed by atoms with Gasteiger partial charge in [0.2, 0.25) is 0 Å². The van der Waals surface area contributed by atoms with Crippen molar-refractivity contribution in [2.45, 2.75) is 53.6 Å². The molecule has 1 N–H and O–H groups in total. The summed E-state index contributed by atoms with van der Waals surface area (Å²) in [4.78, 5) is 12.3. The third-order valence-corrected chi connectivity index (χ3v) is 4.66. The molecular weight excluding hydrogens is 328 g/mol. The van der Waals surface area contributed by atoms with Gasteiger partial charge in [0, 0.05) is 23.1 Å². The Bertz CT molecular complexity index is 810. The van der Waals surface area contributed by atoms with Crippen LogP contribution in [0.1, 0.15) is 66.7 Å². The van der Waals surface area contributed by atoms with Gasteiger partial charge >= 0.3 is 5.97 Å². The van der Waals surface area contributed by atoms with Crippen molar-refractivity contribution in [3.05, 3.63) is 58.1 Å². The summed E-state index contributed by atoms with van der Waals surface area (Å²) in [6, 6.07) is 9.35. The van der Waals surface area contributed by atoms with E-state index in [2.05, 4.69) is 0 Å². The maximum atomic E-state index is 12.3. The van der Waals surface area contributed by atoms with Crippen molar-refractivity contribution in [3.8, 4) is 11.5 Å². The third kappa shape index (κ3) is 2.83. The average molecular weight is 356 g/mol. The number of fused-ring (bicyclic) bond motifs is 4. The van der Waals surface area contributed by atoms with Gasteiger partial charge in [-0.1, -0.05) is 45.9 Å². The number of carbonyl (C=O) groups is 1. The molecule has 4 nitrogen and oxygen atoms in total. The number of ether oxygens (including phenoxy) is 2. The molecule has 0 aromatic heterocycles. The molecule has 0 bridgehead atoms. The fourth-order valence-electron chi connectivity index (χ4n) is 3.54. The Morgan fingerprint density at radius 2 is 1.69 bits per heavy atom. The van der Waals surface area contributed by atoms with Gasteiger partial charge in [-0.15, -0.1) is 0 Å². The van der Waals surface area contributed by atoms with Crippen LogP contribution in [0.15, 0.2) is 30.3 Å². The maximum Gasteiger partial charge on any atom is 0.339 e. The van der Waals surface area contributed by atoms with E-state index >= 15 is 0 Å². The van der Waals surface area contributed by atoms with Crippen LogP contribution in [-0.4, -0.2) is 17.7 Å². The van der Waals surface area contributed by atoms with Crippen LogP contribution in [0, 0.1) is 13.8 Å². The maximum absolute atomic E-state index is 12.3. The average Bonchev–Trinajstić information content (AvgIpc) is 2.97. The van der Waals surface area contributed by atoms with Crippen molar-refractivity contribution < 1.29 is 19.4 Å². The molecule has 2 heterocycles. The normalized spacial score (nSPS) is 19.1. The fourth-order valence-corrected chi connectivity index (χ4v) is 3.54. The van der Waals surface area contributed by atoms with Crippen molar-refractivity contribution >= 4 is 5.97 Å². The van der Waals surface area contributed by atoms with Gasteiger partial charge in [0.15, 0.2) is 5.60 Å². The number of phenolic OH excluding ortho intramolecular Hbond substituents is 1. The topological polar surface area (TPSA) is 55.8 Å². The van der Waals surface area contributed by atoms with Crippen LogP contribution in [-0.2, 0) is 10.3 Å². The van der Waals surface area contributed by atoms with E-state index in [1.165, 1.54) is 0 Å². The SMILES string of the molecule is CC.CC.Cc1cc2c(c(C)c1O)OCCC21OC(=O)c2ccccc21. The van der Waals surface area contributed by atoms with E-state index in [1.54, 1.807) is 6.07 Å². The van der Waals surface area contributed by atoms with Gasteiger partial charge in [0.25, 0.3) is 0 Å². The van der Waals surface area contributed by atoms with Gasteiger partial charge in [-0.2, -0.15) is 0 Å². The number of rotatable bonds is 0. The molecule has 1 atom stereocenters. The van der Waals surface area contributed by atoms with Crippen molar-refractivity contribution in [2.75, 3.05) is 6.61 Å². The largest absolute Gasteiger partial charge is 0.507 e. The summed E-state index contributed by atoms with van der Waals surface area (Å²) in [5, 5.41) is 10.2. The Morgan fingerprint density at radius 1 is 1.04 bits per heavy atom. The number of phenols is 1. The number of esters is 1. The molecule has 26 heavy (non-hydrogen) atoms. The predicted octanol–water partition coefficient (Wildman–Crippen LogP) is 5.26. The van der Waals surface area contributed by atoms with Crippen LogP contribution in [0.4, 0.5) is 0 Å². The van der Waals surface area contributed by atoms with Gasteiger partial charge in [-0.05, 0) is 31.5 Å². The van der Waals surface area contributed by atoms with Crippen LogP contribution in [0.25, 0.3) is 0 Å². The molecule has 4 rings (SSSR count). The van der Waals surface area contributed by atoms with E-state index in [9.17, 15) is 9.90 Å². The number of hydrogen-bond acceptors (Lipinski definition) is 4. The van der Waals surface area contributed by atoms with Crippen molar-refractivity contribution in [3.63, 3.8) is 0 Å². The van der Waals surface area contributed by atoms with Crippen LogP contribution >= 0.6 is 0 Å². The van der Waals surface area contributed by atoms with E-state index in [1.807, 2.05) is 65.8 Å². The molecule has 0 radical (unpaired) electrons. The Morgan fingerprint density at radius 3 is 2.38 bits per heavy atom. The molecule has 1 unspecified atom stereocenters. The lowest BCUT2D eigenvalue weighted by Crippen LogP contribution is -2.34. The minimum Gasteiger partial charge on any atom is -0.507 e. The number of benzene rings is 2. The summed E-state index contributed by atoms with van der Waals surface area (Å²) in [5.74, 6) is 0.555. The Hall–Kier alpha value is -2.49. The minimum absolute atomic E-state index is 0.230. The molecule has 2 aromatic rings. The summed E-state index contributed by atoms with van der Waals surface area (Å²) in [6.07, 6.45) is 0.576. The lowest BCUT2D eigenvalue weighted by Gasteiger charge is -2.36. The summed E-state index contributed by atoms with van der Waals surface area (Å²) in [6.45, 7) is 12.1. The zero-order valence-electron chi connectivity index (χ0n) is 16.5. The van der Waals surface area contributed by atoms with Crippen molar-refractivity contribution in [1.82, 2.24) is 0 Å². The van der Waals surface area contributed by atoms with Gasteiger partial charge in [-0.3, -0.25) is 0 Å². The fraction of sp³-hybridized carbons (Fsp3) is 0.409. The molecule has 2 aromatic carbocycles. The smallest absolute Gasteiger partial charge is 0.339 e. The molecule has 1 spiro atoms. The zero-order valence-corrected chi connectivity index (χ0v) is 16.5. The lowest BCUT2D eigenvalue weighted by atomic mass is 9.80. The molecule has 140 valence electrons. The minimum atomic E-state index is -0.801. The highest BCUT2D eigenvalue weighted by Gasteiger charge is 2.50. The van der Waals surface area contributed by atoms with Gasteiger partial charge in [0.05, 0.1) is 12.2 Å². The van der Waals surface area contributed by atoms with E-state index in [4.69, 9.17) is 9.47 Å². The number of aromatic hydroxyl groups is 1. The Balaban J connectivity index is 0.000000570. The standard InChI is InChI=1S/C18H16O4.2C2H6/c1-10-9-14-16(11(2)15(10)19)21-8-7-18(14)13-6-4-3-5-12(13)17(20)22-18;2*1-2/h3-6,9,19H,7-8H2,1-2H3;2*1-2H3. The molecule has 0 aliphatic carbocycles. The van der Waals surface area contributed by atoms with E-state index in [0.717, 1.165) is 16.7 Å². The first kappa shape index (κ1) is 19.8. The summed E-state index contributed by atoms with van der Waals surface area (Å²) >= 11 is 0. The second-order valence-electron chi connectivity index (χ2n) is 5.90.